The van der Waals surface area contributed by atoms with Gasteiger partial charge in [-0.15, -0.1) is 0 Å². The minimum atomic E-state index is -0.787. The molecule has 436 valence electrons. The molecule has 0 aliphatic heterocycles. The van der Waals surface area contributed by atoms with Gasteiger partial charge >= 0.3 is 17.9 Å². The minimum absolute atomic E-state index is 0.0866. The van der Waals surface area contributed by atoms with E-state index in [1.807, 2.05) is 0 Å². The molecule has 0 aromatic rings. The van der Waals surface area contributed by atoms with Gasteiger partial charge in [-0.2, -0.15) is 0 Å². The van der Waals surface area contributed by atoms with Crippen LogP contribution in [0.5, 0.6) is 0 Å². The van der Waals surface area contributed by atoms with Crippen LogP contribution in [0.25, 0.3) is 0 Å². The van der Waals surface area contributed by atoms with E-state index in [1.165, 1.54) is 103 Å². The quantitative estimate of drug-likeness (QED) is 0.0261. The van der Waals surface area contributed by atoms with Crippen LogP contribution in [0, 0.1) is 0 Å². The predicted octanol–water partition coefficient (Wildman–Crippen LogP) is 21.8. The predicted molar refractivity (Wildman–Crippen MR) is 334 cm³/mol. The van der Waals surface area contributed by atoms with Crippen molar-refractivity contribution in [1.29, 1.82) is 0 Å². The molecule has 1 atom stereocenters. The summed E-state index contributed by atoms with van der Waals surface area (Å²) < 4.78 is 16.8. The van der Waals surface area contributed by atoms with E-state index >= 15 is 0 Å². The highest BCUT2D eigenvalue weighted by atomic mass is 16.6. The Balaban J connectivity index is 4.13. The first-order valence-corrected chi connectivity index (χ1v) is 31.7. The molecule has 0 spiro atoms. The normalized spacial score (nSPS) is 13.0. The molecular formula is C71H116O6. The van der Waals surface area contributed by atoms with Gasteiger partial charge in [0.05, 0.1) is 0 Å². The van der Waals surface area contributed by atoms with E-state index in [9.17, 15) is 14.4 Å². The largest absolute Gasteiger partial charge is 0.462 e. The average Bonchev–Trinajstić information content (AvgIpc) is 3.43. The highest BCUT2D eigenvalue weighted by Crippen LogP contribution is 2.14. The minimum Gasteiger partial charge on any atom is -0.462 e. The van der Waals surface area contributed by atoms with E-state index in [0.717, 1.165) is 135 Å². The lowest BCUT2D eigenvalue weighted by molar-refractivity contribution is -0.167. The van der Waals surface area contributed by atoms with E-state index in [-0.39, 0.29) is 31.1 Å². The number of esters is 3. The Hall–Kier alpha value is -4.45. The molecule has 77 heavy (non-hydrogen) atoms. The zero-order valence-corrected chi connectivity index (χ0v) is 49.9. The molecule has 6 heteroatoms. The molecule has 0 saturated carbocycles. The highest BCUT2D eigenvalue weighted by molar-refractivity contribution is 5.71. The fourth-order valence-corrected chi connectivity index (χ4v) is 8.41. The van der Waals surface area contributed by atoms with Crippen molar-refractivity contribution in [2.75, 3.05) is 13.2 Å². The first kappa shape index (κ1) is 72.5. The van der Waals surface area contributed by atoms with Crippen molar-refractivity contribution in [3.8, 4) is 0 Å². The van der Waals surface area contributed by atoms with Crippen molar-refractivity contribution in [3.05, 3.63) is 134 Å². The van der Waals surface area contributed by atoms with Crippen LogP contribution in [-0.4, -0.2) is 37.2 Å². The maximum atomic E-state index is 12.8. The van der Waals surface area contributed by atoms with Crippen LogP contribution in [0.1, 0.15) is 278 Å². The van der Waals surface area contributed by atoms with E-state index in [2.05, 4.69) is 154 Å². The Kier molecular flexibility index (Phi) is 60.4. The van der Waals surface area contributed by atoms with Gasteiger partial charge in [-0.3, -0.25) is 14.4 Å². The number of hydrogen-bond acceptors (Lipinski definition) is 6. The second-order valence-corrected chi connectivity index (χ2v) is 20.6. The molecular weight excluding hydrogens is 949 g/mol. The summed E-state index contributed by atoms with van der Waals surface area (Å²) >= 11 is 0. The van der Waals surface area contributed by atoms with Crippen molar-refractivity contribution in [2.24, 2.45) is 0 Å². The van der Waals surface area contributed by atoms with E-state index < -0.39 is 6.10 Å². The Morgan fingerprint density at radius 1 is 0.273 bits per heavy atom. The summed E-state index contributed by atoms with van der Waals surface area (Å²) in [7, 11) is 0. The molecule has 6 nitrogen and oxygen atoms in total. The summed E-state index contributed by atoms with van der Waals surface area (Å²) in [6.07, 6.45) is 90.6. The number of carbonyl (C=O) groups is 3. The van der Waals surface area contributed by atoms with Gasteiger partial charge in [-0.05, 0) is 122 Å². The maximum Gasteiger partial charge on any atom is 0.306 e. The average molecular weight is 1070 g/mol. The zero-order valence-electron chi connectivity index (χ0n) is 49.9. The smallest absolute Gasteiger partial charge is 0.306 e. The number of rotatable bonds is 56. The summed E-state index contributed by atoms with van der Waals surface area (Å²) in [5.74, 6) is -0.916. The Morgan fingerprint density at radius 2 is 0.506 bits per heavy atom. The summed E-state index contributed by atoms with van der Waals surface area (Å²) in [6.45, 7) is 6.43. The summed E-state index contributed by atoms with van der Waals surface area (Å²) in [4.78, 5) is 38.0. The van der Waals surface area contributed by atoms with Gasteiger partial charge in [0.1, 0.15) is 13.2 Å². The van der Waals surface area contributed by atoms with Crippen LogP contribution in [0.15, 0.2) is 134 Å². The van der Waals surface area contributed by atoms with Gasteiger partial charge in [0.2, 0.25) is 0 Å². The molecule has 0 aliphatic rings. The molecule has 0 aromatic heterocycles. The molecule has 0 fully saturated rings. The van der Waals surface area contributed by atoms with Crippen LogP contribution in [0.4, 0.5) is 0 Å². The van der Waals surface area contributed by atoms with Crippen LogP contribution in [0.2, 0.25) is 0 Å². The summed E-state index contributed by atoms with van der Waals surface area (Å²) in [6, 6.07) is 0. The SMILES string of the molecule is CC/C=C\C/C=C\C/C=C\C/C=C\C/C=C\C/C=C\C/C=C\C/C=C\C/C=C\CCCCCCCCCC(=O)OCC(COC(=O)CCCCCCCC)OC(=O)CCCCCCCCC/C=C\C/C=C\CCCCCC. The molecule has 0 amide bonds. The lowest BCUT2D eigenvalue weighted by atomic mass is 10.1. The fraction of sp³-hybridized carbons (Fsp3) is 0.648. The standard InChI is InChI=1S/C71H116O6/c1-4-7-10-13-16-18-20-22-24-26-28-29-30-31-32-33-34-35-36-37-38-39-40-41-42-43-44-46-47-49-51-53-55-58-61-64-70(73)76-67-68(66-75-69(72)63-60-57-15-12-9-6-3)77-71(74)65-62-59-56-54-52-50-48-45-27-25-23-21-19-17-14-11-8-5-2/h7,10,16,18-19,21-22,24-25,27-29,31-32,34-35,37-38,40-41,43-44,68H,4-6,8-9,11-15,17,20,23,26,30,33,36,39,42,45-67H2,1-3H3/b10-7-,18-16-,21-19-,24-22-,27-25-,29-28-,32-31-,35-34-,38-37-,41-40-,44-43-. The number of carbonyl (C=O) groups excluding carboxylic acids is 3. The third-order valence-corrected chi connectivity index (χ3v) is 13.1. The van der Waals surface area contributed by atoms with Crippen molar-refractivity contribution in [1.82, 2.24) is 0 Å². The van der Waals surface area contributed by atoms with Crippen molar-refractivity contribution >= 4 is 17.9 Å². The van der Waals surface area contributed by atoms with Crippen LogP contribution in [0.3, 0.4) is 0 Å². The molecule has 0 aromatic carbocycles. The molecule has 1 unspecified atom stereocenters. The van der Waals surface area contributed by atoms with E-state index in [4.69, 9.17) is 14.2 Å². The Morgan fingerprint density at radius 3 is 0.805 bits per heavy atom. The molecule has 0 bridgehead atoms. The molecule has 0 heterocycles. The first-order valence-electron chi connectivity index (χ1n) is 31.7. The van der Waals surface area contributed by atoms with Gasteiger partial charge in [-0.1, -0.05) is 270 Å². The van der Waals surface area contributed by atoms with Gasteiger partial charge in [0, 0.05) is 19.3 Å². The molecule has 0 rings (SSSR count). The van der Waals surface area contributed by atoms with Crippen molar-refractivity contribution < 1.29 is 28.6 Å². The molecule has 0 N–H and O–H groups in total. The summed E-state index contributed by atoms with van der Waals surface area (Å²) in [5, 5.41) is 0. The van der Waals surface area contributed by atoms with Gasteiger partial charge in [-0.25, -0.2) is 0 Å². The highest BCUT2D eigenvalue weighted by Gasteiger charge is 2.19. The first-order chi connectivity index (χ1) is 38.0. The van der Waals surface area contributed by atoms with Gasteiger partial charge < -0.3 is 14.2 Å². The maximum absolute atomic E-state index is 12.8. The van der Waals surface area contributed by atoms with Crippen molar-refractivity contribution in [3.63, 3.8) is 0 Å². The molecule has 0 radical (unpaired) electrons. The lowest BCUT2D eigenvalue weighted by Gasteiger charge is -2.18. The van der Waals surface area contributed by atoms with Gasteiger partial charge in [0.15, 0.2) is 6.10 Å². The third kappa shape index (κ3) is 62.3. The number of ether oxygens (including phenoxy) is 3. The topological polar surface area (TPSA) is 78.9 Å². The monoisotopic (exact) mass is 1060 g/mol. The number of hydrogen-bond donors (Lipinski definition) is 0. The van der Waals surface area contributed by atoms with Crippen LogP contribution < -0.4 is 0 Å². The second-order valence-electron chi connectivity index (χ2n) is 20.6. The van der Waals surface area contributed by atoms with Crippen LogP contribution >= 0.6 is 0 Å². The Bertz CT molecular complexity index is 1650. The summed E-state index contributed by atoms with van der Waals surface area (Å²) in [5.41, 5.74) is 0. The number of unbranched alkanes of at least 4 members (excludes halogenated alkanes) is 23. The molecule has 0 aliphatic carbocycles. The van der Waals surface area contributed by atoms with E-state index in [0.29, 0.717) is 19.3 Å². The molecule has 0 saturated heterocycles. The van der Waals surface area contributed by atoms with Crippen LogP contribution in [-0.2, 0) is 28.6 Å². The second kappa shape index (κ2) is 64.1. The Labute approximate surface area is 475 Å². The zero-order chi connectivity index (χ0) is 55.7. The third-order valence-electron chi connectivity index (χ3n) is 13.1. The lowest BCUT2D eigenvalue weighted by Crippen LogP contribution is -2.30. The van der Waals surface area contributed by atoms with Crippen molar-refractivity contribution in [2.45, 2.75) is 284 Å². The number of allylic oxidation sites excluding steroid dienone is 22. The van der Waals surface area contributed by atoms with Gasteiger partial charge in [0.25, 0.3) is 0 Å². The van der Waals surface area contributed by atoms with E-state index in [1.54, 1.807) is 0 Å². The fourth-order valence-electron chi connectivity index (χ4n) is 8.41.